The Hall–Kier alpha value is -3.08. The molecule has 0 amide bonds. The number of hydrogen-bond acceptors (Lipinski definition) is 5. The monoisotopic (exact) mass is 322 g/mol. The molecule has 1 heterocycles. The molecule has 0 aliphatic heterocycles. The van der Waals surface area contributed by atoms with Crippen LogP contribution < -0.4 is 14.2 Å². The van der Waals surface area contributed by atoms with E-state index >= 15 is 0 Å². The molecule has 0 unspecified atom stereocenters. The predicted molar refractivity (Wildman–Crippen MR) is 95.1 cm³/mol. The number of aromatic nitrogens is 1. The summed E-state index contributed by atoms with van der Waals surface area (Å²) in [4.78, 5) is 8.75. The van der Waals surface area contributed by atoms with Crippen molar-refractivity contribution in [3.63, 3.8) is 0 Å². The molecule has 3 aromatic rings. The zero-order chi connectivity index (χ0) is 16.9. The molecule has 0 saturated carbocycles. The van der Waals surface area contributed by atoms with E-state index in [9.17, 15) is 0 Å². The molecule has 24 heavy (non-hydrogen) atoms. The number of methoxy groups -OCH3 is 3. The Kier molecular flexibility index (Phi) is 4.61. The van der Waals surface area contributed by atoms with Crippen molar-refractivity contribution in [1.82, 2.24) is 4.98 Å². The molecule has 0 fully saturated rings. The van der Waals surface area contributed by atoms with E-state index in [4.69, 9.17) is 14.2 Å². The zero-order valence-corrected chi connectivity index (χ0v) is 13.8. The van der Waals surface area contributed by atoms with Gasteiger partial charge in [0.25, 0.3) is 0 Å². The third-order valence-corrected chi connectivity index (χ3v) is 3.74. The van der Waals surface area contributed by atoms with E-state index in [1.807, 2.05) is 42.6 Å². The van der Waals surface area contributed by atoms with Crippen LogP contribution in [0, 0.1) is 0 Å². The molecule has 5 heteroatoms. The number of aliphatic imine (C=N–C) groups is 1. The normalized spacial score (nSPS) is 11.0. The van der Waals surface area contributed by atoms with E-state index in [1.165, 1.54) is 0 Å². The van der Waals surface area contributed by atoms with Gasteiger partial charge in [0, 0.05) is 34.9 Å². The molecule has 122 valence electrons. The molecule has 1 aromatic heterocycles. The van der Waals surface area contributed by atoms with E-state index in [1.54, 1.807) is 33.7 Å². The second kappa shape index (κ2) is 7.00. The summed E-state index contributed by atoms with van der Waals surface area (Å²) in [5.74, 6) is 1.75. The fraction of sp³-hybridized carbons (Fsp3) is 0.158. The Morgan fingerprint density at radius 2 is 1.75 bits per heavy atom. The number of nitrogens with zero attached hydrogens (tertiary/aromatic N) is 2. The summed E-state index contributed by atoms with van der Waals surface area (Å²) >= 11 is 0. The average Bonchev–Trinajstić information content (AvgIpc) is 2.65. The van der Waals surface area contributed by atoms with E-state index in [2.05, 4.69) is 9.98 Å². The highest BCUT2D eigenvalue weighted by molar-refractivity contribution is 5.95. The van der Waals surface area contributed by atoms with E-state index in [0.29, 0.717) is 17.2 Å². The first-order chi connectivity index (χ1) is 11.8. The standard InChI is InChI=1S/C19H18N2O3/c1-22-17-8-7-14(18(23-2)19(17)24-3)12-21-16-6-4-5-13-11-20-10-9-15(13)16/h4-12H,1-3H3. The van der Waals surface area contributed by atoms with Crippen LogP contribution in [0.25, 0.3) is 10.8 Å². The molecule has 0 atom stereocenters. The van der Waals surface area contributed by atoms with Gasteiger partial charge >= 0.3 is 0 Å². The number of fused-ring (bicyclic) bond motifs is 1. The summed E-state index contributed by atoms with van der Waals surface area (Å²) in [5.41, 5.74) is 1.67. The largest absolute Gasteiger partial charge is 0.493 e. The van der Waals surface area contributed by atoms with E-state index < -0.39 is 0 Å². The van der Waals surface area contributed by atoms with Crippen LogP contribution in [-0.2, 0) is 0 Å². The molecule has 0 saturated heterocycles. The minimum Gasteiger partial charge on any atom is -0.493 e. The Morgan fingerprint density at radius 3 is 2.50 bits per heavy atom. The number of benzene rings is 2. The molecule has 3 rings (SSSR count). The van der Waals surface area contributed by atoms with Gasteiger partial charge < -0.3 is 14.2 Å². The van der Waals surface area contributed by atoms with Crippen molar-refractivity contribution in [2.75, 3.05) is 21.3 Å². The fourth-order valence-electron chi connectivity index (χ4n) is 2.58. The van der Waals surface area contributed by atoms with Gasteiger partial charge in [0.2, 0.25) is 5.75 Å². The van der Waals surface area contributed by atoms with E-state index in [0.717, 1.165) is 22.0 Å². The molecule has 0 bridgehead atoms. The van der Waals surface area contributed by atoms with Gasteiger partial charge in [-0.15, -0.1) is 0 Å². The second-order valence-corrected chi connectivity index (χ2v) is 5.06. The topological polar surface area (TPSA) is 52.9 Å². The lowest BCUT2D eigenvalue weighted by Crippen LogP contribution is -1.98. The molecule has 0 spiro atoms. The molecule has 0 N–H and O–H groups in total. The lowest BCUT2D eigenvalue weighted by Gasteiger charge is -2.13. The van der Waals surface area contributed by atoms with Crippen LogP contribution >= 0.6 is 0 Å². The van der Waals surface area contributed by atoms with Crippen LogP contribution in [0.3, 0.4) is 0 Å². The van der Waals surface area contributed by atoms with Crippen LogP contribution in [0.15, 0.2) is 53.8 Å². The highest BCUT2D eigenvalue weighted by atomic mass is 16.5. The summed E-state index contributed by atoms with van der Waals surface area (Å²) in [6, 6.07) is 11.6. The van der Waals surface area contributed by atoms with Gasteiger partial charge in [0.05, 0.1) is 27.0 Å². The van der Waals surface area contributed by atoms with Crippen LogP contribution in [0.5, 0.6) is 17.2 Å². The van der Waals surface area contributed by atoms with Gasteiger partial charge in [-0.1, -0.05) is 12.1 Å². The van der Waals surface area contributed by atoms with Crippen molar-refractivity contribution in [3.05, 3.63) is 54.4 Å². The Bertz CT molecular complexity index is 886. The van der Waals surface area contributed by atoms with Crippen LogP contribution in [0.2, 0.25) is 0 Å². The minimum absolute atomic E-state index is 0.547. The van der Waals surface area contributed by atoms with Gasteiger partial charge in [-0.25, -0.2) is 0 Å². The van der Waals surface area contributed by atoms with Crippen LogP contribution in [-0.4, -0.2) is 32.5 Å². The molecule has 0 radical (unpaired) electrons. The summed E-state index contributed by atoms with van der Waals surface area (Å²) in [7, 11) is 4.77. The van der Waals surface area contributed by atoms with Crippen molar-refractivity contribution < 1.29 is 14.2 Å². The first kappa shape index (κ1) is 15.8. The smallest absolute Gasteiger partial charge is 0.203 e. The van der Waals surface area contributed by atoms with Crippen molar-refractivity contribution in [1.29, 1.82) is 0 Å². The molecular formula is C19H18N2O3. The predicted octanol–water partition coefficient (Wildman–Crippen LogP) is 4.01. The number of ether oxygens (including phenoxy) is 3. The Morgan fingerprint density at radius 1 is 0.917 bits per heavy atom. The van der Waals surface area contributed by atoms with E-state index in [-0.39, 0.29) is 0 Å². The van der Waals surface area contributed by atoms with Gasteiger partial charge in [0.1, 0.15) is 0 Å². The third-order valence-electron chi connectivity index (χ3n) is 3.74. The minimum atomic E-state index is 0.547. The fourth-order valence-corrected chi connectivity index (χ4v) is 2.58. The maximum Gasteiger partial charge on any atom is 0.203 e. The second-order valence-electron chi connectivity index (χ2n) is 5.06. The maximum atomic E-state index is 5.48. The number of hydrogen-bond donors (Lipinski definition) is 0. The molecule has 2 aromatic carbocycles. The van der Waals surface area contributed by atoms with Crippen molar-refractivity contribution in [3.8, 4) is 17.2 Å². The first-order valence-corrected chi connectivity index (χ1v) is 7.44. The summed E-state index contributed by atoms with van der Waals surface area (Å²) in [5, 5.41) is 2.09. The van der Waals surface area contributed by atoms with Crippen LogP contribution in [0.4, 0.5) is 5.69 Å². The highest BCUT2D eigenvalue weighted by Gasteiger charge is 2.14. The lowest BCUT2D eigenvalue weighted by atomic mass is 10.1. The third kappa shape index (κ3) is 2.88. The Balaban J connectivity index is 2.05. The average molecular weight is 322 g/mol. The van der Waals surface area contributed by atoms with Gasteiger partial charge in [0.15, 0.2) is 11.5 Å². The SMILES string of the molecule is COc1ccc(C=Nc2cccc3cnccc23)c(OC)c1OC. The van der Waals surface area contributed by atoms with Gasteiger partial charge in [-0.05, 0) is 24.3 Å². The maximum absolute atomic E-state index is 5.48. The van der Waals surface area contributed by atoms with Crippen molar-refractivity contribution in [2.45, 2.75) is 0 Å². The molecule has 0 aliphatic rings. The van der Waals surface area contributed by atoms with Gasteiger partial charge in [-0.2, -0.15) is 0 Å². The molecule has 5 nitrogen and oxygen atoms in total. The van der Waals surface area contributed by atoms with Crippen LogP contribution in [0.1, 0.15) is 5.56 Å². The molecule has 0 aliphatic carbocycles. The zero-order valence-electron chi connectivity index (χ0n) is 13.8. The summed E-state index contributed by atoms with van der Waals surface area (Å²) in [6.45, 7) is 0. The first-order valence-electron chi connectivity index (χ1n) is 7.44. The van der Waals surface area contributed by atoms with Gasteiger partial charge in [-0.3, -0.25) is 9.98 Å². The quantitative estimate of drug-likeness (QED) is 0.666. The Labute approximate surface area is 140 Å². The number of pyridine rings is 1. The summed E-state index contributed by atoms with van der Waals surface area (Å²) in [6.07, 6.45) is 5.35. The number of rotatable bonds is 5. The lowest BCUT2D eigenvalue weighted by molar-refractivity contribution is 0.324. The van der Waals surface area contributed by atoms with Crippen molar-refractivity contribution >= 4 is 22.7 Å². The summed E-state index contributed by atoms with van der Waals surface area (Å²) < 4.78 is 16.2. The van der Waals surface area contributed by atoms with Crippen molar-refractivity contribution in [2.24, 2.45) is 4.99 Å². The molecular weight excluding hydrogens is 304 g/mol. The highest BCUT2D eigenvalue weighted by Crippen LogP contribution is 2.39.